The Morgan fingerprint density at radius 3 is 2.40 bits per heavy atom. The van der Waals surface area contributed by atoms with Crippen LogP contribution in [0, 0.1) is 11.7 Å². The topological polar surface area (TPSA) is 84.2 Å². The first-order chi connectivity index (χ1) is 20.3. The van der Waals surface area contributed by atoms with E-state index in [0.29, 0.717) is 62.9 Å². The highest BCUT2D eigenvalue weighted by molar-refractivity contribution is 5.90. The molecule has 3 atom stereocenters. The molecule has 0 bridgehead atoms. The van der Waals surface area contributed by atoms with Gasteiger partial charge in [-0.3, -0.25) is 14.6 Å². The number of amides is 1. The van der Waals surface area contributed by atoms with E-state index in [1.807, 2.05) is 6.92 Å². The van der Waals surface area contributed by atoms with E-state index < -0.39 is 30.0 Å². The Bertz CT molecular complexity index is 1190. The van der Waals surface area contributed by atoms with Crippen LogP contribution in [0.1, 0.15) is 45.1 Å². The van der Waals surface area contributed by atoms with E-state index in [0.717, 1.165) is 44.1 Å². The molecule has 9 nitrogen and oxygen atoms in total. The summed E-state index contributed by atoms with van der Waals surface area (Å²) in [5, 5.41) is 10.2. The largest absolute Gasteiger partial charge is 0.573 e. The van der Waals surface area contributed by atoms with Crippen LogP contribution < -0.4 is 4.74 Å². The number of carbonyl (C=O) groups excluding carboxylic acids is 1. The molecule has 0 unspecified atom stereocenters. The van der Waals surface area contributed by atoms with Crippen LogP contribution in [-0.2, 0) is 4.79 Å². The van der Waals surface area contributed by atoms with Crippen molar-refractivity contribution in [3.63, 3.8) is 0 Å². The van der Waals surface area contributed by atoms with Crippen molar-refractivity contribution in [2.45, 2.75) is 58.0 Å². The lowest BCUT2D eigenvalue weighted by Gasteiger charge is -2.41. The predicted octanol–water partition coefficient (Wildman–Crippen LogP) is 3.71. The first-order valence-corrected chi connectivity index (χ1v) is 14.8. The lowest BCUT2D eigenvalue weighted by molar-refractivity contribution is -0.275. The third-order valence-electron chi connectivity index (χ3n) is 8.39. The maximum absolute atomic E-state index is 14.8. The van der Waals surface area contributed by atoms with Gasteiger partial charge in [-0.1, -0.05) is 19.6 Å². The molecule has 1 N–H and O–H groups in total. The van der Waals surface area contributed by atoms with Crippen molar-refractivity contribution in [3.8, 4) is 5.75 Å². The summed E-state index contributed by atoms with van der Waals surface area (Å²) in [4.78, 5) is 31.0. The Morgan fingerprint density at radius 1 is 1.12 bits per heavy atom. The summed E-state index contributed by atoms with van der Waals surface area (Å²) in [6.07, 6.45) is -3.18. The summed E-state index contributed by atoms with van der Waals surface area (Å²) in [6.45, 7) is 15.4. The zero-order valence-electron chi connectivity index (χ0n) is 25.1. The van der Waals surface area contributed by atoms with Gasteiger partial charge in [-0.25, -0.2) is 14.4 Å². The lowest BCUT2D eigenvalue weighted by atomic mass is 9.95. The average Bonchev–Trinajstić information content (AvgIpc) is 3.01. The summed E-state index contributed by atoms with van der Waals surface area (Å²) < 4.78 is 56.8. The minimum absolute atomic E-state index is 0.145. The molecule has 4 rings (SSSR count). The summed E-state index contributed by atoms with van der Waals surface area (Å²) in [5.74, 6) is -2.07. The highest BCUT2D eigenvalue weighted by Gasteiger charge is 2.35. The number of nitrogens with zero attached hydrogens (tertiary/aromatic N) is 6. The molecule has 2 fully saturated rings. The van der Waals surface area contributed by atoms with Crippen molar-refractivity contribution >= 4 is 18.1 Å². The van der Waals surface area contributed by atoms with Gasteiger partial charge in [0.15, 0.2) is 11.6 Å². The number of aliphatic hydroxyl groups is 1. The molecule has 1 aromatic rings. The summed E-state index contributed by atoms with van der Waals surface area (Å²) in [5.41, 5.74) is 0.688. The van der Waals surface area contributed by atoms with Gasteiger partial charge in [0.05, 0.1) is 17.7 Å². The number of benzene rings is 1. The Hall–Kier alpha value is -3.03. The smallest absolute Gasteiger partial charge is 0.403 e. The minimum atomic E-state index is -5.02. The lowest BCUT2D eigenvalue weighted by Crippen LogP contribution is -2.54. The van der Waals surface area contributed by atoms with Gasteiger partial charge in [0.25, 0.3) is 0 Å². The normalized spacial score (nSPS) is 23.9. The molecule has 238 valence electrons. The standard InChI is InChI=1S/C30H42F4N6O3/c1-20(2)38-9-7-37(8-10-38)18-24(23-5-6-27(25(31)17-23)43-30(32,33)34)29(42)40-13-11-39(12-14-40)28-16-21(3)15-26(41)22(4)35-19-36-28/h5-6,17,19-21,24,26,41H,4,7-16,18H2,1-3H3/t21-,24-,26-/m1/s1. The quantitative estimate of drug-likeness (QED) is 0.495. The Balaban J connectivity index is 1.48. The van der Waals surface area contributed by atoms with Crippen LogP contribution in [0.25, 0.3) is 0 Å². The van der Waals surface area contributed by atoms with E-state index in [2.05, 4.69) is 49.8 Å². The number of halogens is 4. The number of rotatable bonds is 6. The van der Waals surface area contributed by atoms with Crippen molar-refractivity contribution in [3.05, 3.63) is 41.9 Å². The molecule has 3 aliphatic rings. The van der Waals surface area contributed by atoms with Gasteiger partial charge in [0, 0.05) is 71.4 Å². The SMILES string of the molecule is C=C1N=CN=C(N2CCN(C(=O)[C@H](CN3CCN(C(C)C)CC3)c3ccc(OC(F)(F)F)c(F)c3)CC2)C[C@H](C)C[C@H]1O. The summed E-state index contributed by atoms with van der Waals surface area (Å²) >= 11 is 0. The van der Waals surface area contributed by atoms with Gasteiger partial charge < -0.3 is 19.6 Å². The molecular weight excluding hydrogens is 568 g/mol. The van der Waals surface area contributed by atoms with Gasteiger partial charge >= 0.3 is 6.36 Å². The molecule has 3 heterocycles. The Morgan fingerprint density at radius 2 is 1.79 bits per heavy atom. The fraction of sp³-hybridized carbons (Fsp3) is 0.633. The van der Waals surface area contributed by atoms with Gasteiger partial charge in [-0.15, -0.1) is 13.2 Å². The second kappa shape index (κ2) is 14.2. The van der Waals surface area contributed by atoms with Crippen molar-refractivity contribution in [2.75, 3.05) is 58.9 Å². The van der Waals surface area contributed by atoms with Crippen molar-refractivity contribution < 1.29 is 32.2 Å². The highest BCUT2D eigenvalue weighted by atomic mass is 19.4. The van der Waals surface area contributed by atoms with Crippen LogP contribution >= 0.6 is 0 Å². The van der Waals surface area contributed by atoms with Gasteiger partial charge in [-0.2, -0.15) is 0 Å². The van der Waals surface area contributed by atoms with E-state index in [9.17, 15) is 27.5 Å². The Kier molecular flexibility index (Phi) is 10.8. The average molecular weight is 611 g/mol. The molecule has 43 heavy (non-hydrogen) atoms. The summed E-state index contributed by atoms with van der Waals surface area (Å²) in [7, 11) is 0. The molecule has 0 radical (unpaired) electrons. The van der Waals surface area contributed by atoms with E-state index in [1.165, 1.54) is 12.4 Å². The Labute approximate surface area is 250 Å². The number of hydrogen-bond acceptors (Lipinski definition) is 8. The zero-order chi connectivity index (χ0) is 31.3. The van der Waals surface area contributed by atoms with E-state index in [-0.39, 0.29) is 11.8 Å². The molecule has 13 heteroatoms. The van der Waals surface area contributed by atoms with Gasteiger partial charge in [0.2, 0.25) is 5.91 Å². The number of ether oxygens (including phenoxy) is 1. The molecular formula is C30H42F4N6O3. The molecule has 3 aliphatic heterocycles. The molecule has 0 aromatic heterocycles. The third-order valence-corrected chi connectivity index (χ3v) is 8.39. The van der Waals surface area contributed by atoms with Crippen LogP contribution in [0.4, 0.5) is 17.6 Å². The number of alkyl halides is 3. The van der Waals surface area contributed by atoms with Crippen molar-refractivity contribution in [1.82, 2.24) is 19.6 Å². The van der Waals surface area contributed by atoms with Crippen molar-refractivity contribution in [1.29, 1.82) is 0 Å². The fourth-order valence-corrected chi connectivity index (χ4v) is 5.82. The van der Waals surface area contributed by atoms with E-state index >= 15 is 0 Å². The number of amidine groups is 1. The van der Waals surface area contributed by atoms with E-state index in [1.54, 1.807) is 4.90 Å². The monoisotopic (exact) mass is 610 g/mol. The van der Waals surface area contributed by atoms with Crippen LogP contribution in [0.15, 0.2) is 40.5 Å². The first kappa shape index (κ1) is 32.9. The van der Waals surface area contributed by atoms with Crippen LogP contribution in [0.5, 0.6) is 5.75 Å². The molecule has 1 amide bonds. The minimum Gasteiger partial charge on any atom is -0.403 e. The maximum atomic E-state index is 14.8. The second-order valence-electron chi connectivity index (χ2n) is 11.9. The second-order valence-corrected chi connectivity index (χ2v) is 11.9. The zero-order valence-corrected chi connectivity index (χ0v) is 25.1. The van der Waals surface area contributed by atoms with E-state index in [4.69, 9.17) is 0 Å². The predicted molar refractivity (Wildman–Crippen MR) is 157 cm³/mol. The molecule has 0 spiro atoms. The van der Waals surface area contributed by atoms with Crippen LogP contribution in [-0.4, -0.2) is 120 Å². The van der Waals surface area contributed by atoms with Crippen LogP contribution in [0.2, 0.25) is 0 Å². The molecule has 0 saturated carbocycles. The van der Waals surface area contributed by atoms with Crippen LogP contribution in [0.3, 0.4) is 0 Å². The summed E-state index contributed by atoms with van der Waals surface area (Å²) in [6, 6.07) is 3.68. The number of aliphatic imine (C=N–C) groups is 2. The molecule has 2 saturated heterocycles. The number of carbonyl (C=O) groups is 1. The molecule has 1 aromatic carbocycles. The molecule has 0 aliphatic carbocycles. The highest BCUT2D eigenvalue weighted by Crippen LogP contribution is 2.30. The third kappa shape index (κ3) is 8.99. The maximum Gasteiger partial charge on any atom is 0.573 e. The number of aliphatic hydroxyl groups excluding tert-OH is 1. The van der Waals surface area contributed by atoms with Gasteiger partial charge in [0.1, 0.15) is 12.2 Å². The number of hydrogen-bond donors (Lipinski definition) is 1. The fourth-order valence-electron chi connectivity index (χ4n) is 5.82. The van der Waals surface area contributed by atoms with Crippen molar-refractivity contribution in [2.24, 2.45) is 15.9 Å². The first-order valence-electron chi connectivity index (χ1n) is 14.8. The number of piperazine rings is 2. The van der Waals surface area contributed by atoms with Gasteiger partial charge in [-0.05, 0) is 43.9 Å².